The zero-order valence-electron chi connectivity index (χ0n) is 14.3. The van der Waals surface area contributed by atoms with Crippen molar-refractivity contribution >= 4 is 11.9 Å². The molecule has 2 atom stereocenters. The molecule has 23 heavy (non-hydrogen) atoms. The van der Waals surface area contributed by atoms with Crippen LogP contribution in [0, 0.1) is 24.2 Å². The van der Waals surface area contributed by atoms with Crippen LogP contribution in [0.4, 0.5) is 0 Å². The second kappa shape index (κ2) is 7.77. The van der Waals surface area contributed by atoms with Crippen molar-refractivity contribution in [1.82, 2.24) is 5.32 Å². The first-order valence-corrected chi connectivity index (χ1v) is 7.66. The average Bonchev–Trinajstić information content (AvgIpc) is 2.49. The number of rotatable bonds is 6. The molecule has 0 aliphatic carbocycles. The number of hydrogen-bond acceptors (Lipinski definition) is 4. The van der Waals surface area contributed by atoms with Crippen molar-refractivity contribution in [1.29, 1.82) is 5.26 Å². The Labute approximate surface area is 137 Å². The molecule has 1 rings (SSSR count). The monoisotopic (exact) mass is 316 g/mol. The third-order valence-electron chi connectivity index (χ3n) is 3.92. The highest BCUT2D eigenvalue weighted by Crippen LogP contribution is 2.15. The number of benzene rings is 1. The molecule has 0 aromatic heterocycles. The molecule has 0 radical (unpaired) electrons. The largest absolute Gasteiger partial charge is 0.452 e. The topological polar surface area (TPSA) is 79.2 Å². The minimum atomic E-state index is -0.991. The molecule has 0 fully saturated rings. The van der Waals surface area contributed by atoms with Gasteiger partial charge in [-0.3, -0.25) is 9.59 Å². The number of nitrogens with zero attached hydrogens (tertiary/aromatic N) is 1. The standard InChI is InChI=1S/C18H24N2O3/c1-12(2)18(5,11-19)20-17(22)14(4)23-16(21)10-15-8-6-13(3)7-9-15/h6-9,12,14H,10H2,1-5H3,(H,20,22). The fourth-order valence-corrected chi connectivity index (χ4v) is 1.82. The van der Waals surface area contributed by atoms with Gasteiger partial charge >= 0.3 is 5.97 Å². The maximum atomic E-state index is 12.1. The van der Waals surface area contributed by atoms with Crippen molar-refractivity contribution in [2.24, 2.45) is 5.92 Å². The van der Waals surface area contributed by atoms with Crippen LogP contribution in [0.3, 0.4) is 0 Å². The smallest absolute Gasteiger partial charge is 0.311 e. The van der Waals surface area contributed by atoms with Crippen LogP contribution in [-0.2, 0) is 20.7 Å². The number of hydrogen-bond donors (Lipinski definition) is 1. The SMILES string of the molecule is Cc1ccc(CC(=O)OC(C)C(=O)NC(C)(C#N)C(C)C)cc1. The van der Waals surface area contributed by atoms with Crippen molar-refractivity contribution in [2.75, 3.05) is 0 Å². The van der Waals surface area contributed by atoms with Crippen LogP contribution < -0.4 is 5.32 Å². The highest BCUT2D eigenvalue weighted by atomic mass is 16.5. The van der Waals surface area contributed by atoms with Crippen LogP contribution in [0.2, 0.25) is 0 Å². The zero-order valence-corrected chi connectivity index (χ0v) is 14.3. The van der Waals surface area contributed by atoms with E-state index in [1.165, 1.54) is 6.92 Å². The number of carbonyl (C=O) groups is 2. The van der Waals surface area contributed by atoms with E-state index in [1.807, 2.05) is 45.0 Å². The number of esters is 1. The number of carbonyl (C=O) groups excluding carboxylic acids is 2. The molecule has 1 aromatic carbocycles. The van der Waals surface area contributed by atoms with Crippen LogP contribution in [0.25, 0.3) is 0 Å². The molecule has 0 saturated carbocycles. The van der Waals surface area contributed by atoms with Crippen molar-refractivity contribution in [2.45, 2.75) is 52.7 Å². The summed E-state index contributed by atoms with van der Waals surface area (Å²) in [6, 6.07) is 9.63. The molecule has 0 bridgehead atoms. The van der Waals surface area contributed by atoms with Crippen LogP contribution >= 0.6 is 0 Å². The van der Waals surface area contributed by atoms with Gasteiger partial charge < -0.3 is 10.1 Å². The maximum absolute atomic E-state index is 12.1. The molecule has 1 amide bonds. The van der Waals surface area contributed by atoms with E-state index in [0.29, 0.717) is 0 Å². The van der Waals surface area contributed by atoms with Crippen molar-refractivity contribution in [3.8, 4) is 6.07 Å². The quantitative estimate of drug-likeness (QED) is 0.818. The molecule has 1 N–H and O–H groups in total. The van der Waals surface area contributed by atoms with E-state index < -0.39 is 23.5 Å². The van der Waals surface area contributed by atoms with Gasteiger partial charge in [-0.15, -0.1) is 0 Å². The summed E-state index contributed by atoms with van der Waals surface area (Å²) in [6.45, 7) is 8.81. The highest BCUT2D eigenvalue weighted by Gasteiger charge is 2.32. The molecule has 0 aliphatic heterocycles. The summed E-state index contributed by atoms with van der Waals surface area (Å²) in [6.07, 6.45) is -0.836. The molecule has 1 aromatic rings. The molecular weight excluding hydrogens is 292 g/mol. The first-order valence-electron chi connectivity index (χ1n) is 7.66. The molecule has 124 valence electrons. The Morgan fingerprint density at radius 3 is 2.30 bits per heavy atom. The molecule has 5 nitrogen and oxygen atoms in total. The summed E-state index contributed by atoms with van der Waals surface area (Å²) >= 11 is 0. The average molecular weight is 316 g/mol. The predicted octanol–water partition coefficient (Wildman–Crippen LogP) is 2.52. The summed E-state index contributed by atoms with van der Waals surface area (Å²) in [4.78, 5) is 24.0. The number of nitrogens with one attached hydrogen (secondary N) is 1. The molecule has 0 spiro atoms. The van der Waals surface area contributed by atoms with Gasteiger partial charge in [0.25, 0.3) is 5.91 Å². The summed E-state index contributed by atoms with van der Waals surface area (Å²) in [5.74, 6) is -1.01. The van der Waals surface area contributed by atoms with E-state index >= 15 is 0 Å². The Balaban J connectivity index is 2.59. The van der Waals surface area contributed by atoms with Gasteiger partial charge in [0.15, 0.2) is 6.10 Å². The lowest BCUT2D eigenvalue weighted by Gasteiger charge is -2.28. The first-order chi connectivity index (χ1) is 10.7. The van der Waals surface area contributed by atoms with Gasteiger partial charge in [0.1, 0.15) is 5.54 Å². The third kappa shape index (κ3) is 5.41. The fourth-order valence-electron chi connectivity index (χ4n) is 1.82. The van der Waals surface area contributed by atoms with Crippen LogP contribution in [0.1, 0.15) is 38.8 Å². The third-order valence-corrected chi connectivity index (χ3v) is 3.92. The lowest BCUT2D eigenvalue weighted by Crippen LogP contribution is -2.52. The highest BCUT2D eigenvalue weighted by molar-refractivity contribution is 5.84. The Morgan fingerprint density at radius 2 is 1.83 bits per heavy atom. The summed E-state index contributed by atoms with van der Waals surface area (Å²) < 4.78 is 5.16. The van der Waals surface area contributed by atoms with Gasteiger partial charge in [0.2, 0.25) is 0 Å². The van der Waals surface area contributed by atoms with E-state index in [1.54, 1.807) is 6.92 Å². The lowest BCUT2D eigenvalue weighted by atomic mass is 9.90. The molecule has 5 heteroatoms. The fraction of sp³-hybridized carbons (Fsp3) is 0.500. The van der Waals surface area contributed by atoms with Gasteiger partial charge in [-0.05, 0) is 32.3 Å². The molecule has 0 aliphatic rings. The Bertz CT molecular complexity index is 602. The molecule has 2 unspecified atom stereocenters. The molecule has 0 saturated heterocycles. The second-order valence-electron chi connectivity index (χ2n) is 6.25. The predicted molar refractivity (Wildman–Crippen MR) is 87.4 cm³/mol. The molecular formula is C18H24N2O3. The Kier molecular flexibility index (Phi) is 6.32. The summed E-state index contributed by atoms with van der Waals surface area (Å²) in [7, 11) is 0. The van der Waals surface area contributed by atoms with Crippen LogP contribution in [-0.4, -0.2) is 23.5 Å². The van der Waals surface area contributed by atoms with Crippen molar-refractivity contribution in [3.05, 3.63) is 35.4 Å². The summed E-state index contributed by atoms with van der Waals surface area (Å²) in [5.41, 5.74) is 0.950. The maximum Gasteiger partial charge on any atom is 0.311 e. The number of amides is 1. The lowest BCUT2D eigenvalue weighted by molar-refractivity contribution is -0.154. The number of nitriles is 1. The molecule has 0 heterocycles. The van der Waals surface area contributed by atoms with E-state index in [2.05, 4.69) is 11.4 Å². The van der Waals surface area contributed by atoms with Gasteiger partial charge in [0.05, 0.1) is 12.5 Å². The van der Waals surface area contributed by atoms with Crippen LogP contribution in [0.5, 0.6) is 0 Å². The number of ether oxygens (including phenoxy) is 1. The van der Waals surface area contributed by atoms with E-state index in [9.17, 15) is 14.9 Å². The van der Waals surface area contributed by atoms with Gasteiger partial charge in [0, 0.05) is 0 Å². The second-order valence-corrected chi connectivity index (χ2v) is 6.25. The first kappa shape index (κ1) is 18.7. The van der Waals surface area contributed by atoms with Gasteiger partial charge in [-0.25, -0.2) is 0 Å². The van der Waals surface area contributed by atoms with Gasteiger partial charge in [-0.2, -0.15) is 5.26 Å². The normalized spacial score (nSPS) is 14.5. The van der Waals surface area contributed by atoms with Crippen molar-refractivity contribution < 1.29 is 14.3 Å². The minimum Gasteiger partial charge on any atom is -0.452 e. The van der Waals surface area contributed by atoms with Crippen LogP contribution in [0.15, 0.2) is 24.3 Å². The Hall–Kier alpha value is -2.35. The Morgan fingerprint density at radius 1 is 1.26 bits per heavy atom. The number of aryl methyl sites for hydroxylation is 1. The van der Waals surface area contributed by atoms with E-state index in [-0.39, 0.29) is 12.3 Å². The van der Waals surface area contributed by atoms with E-state index in [0.717, 1.165) is 11.1 Å². The summed E-state index contributed by atoms with van der Waals surface area (Å²) in [5, 5.41) is 11.9. The van der Waals surface area contributed by atoms with E-state index in [4.69, 9.17) is 4.74 Å². The van der Waals surface area contributed by atoms with Gasteiger partial charge in [-0.1, -0.05) is 43.7 Å². The minimum absolute atomic E-state index is 0.0630. The van der Waals surface area contributed by atoms with Crippen molar-refractivity contribution in [3.63, 3.8) is 0 Å². The zero-order chi connectivity index (χ0) is 17.6.